The van der Waals surface area contributed by atoms with Crippen LogP contribution in [0.4, 0.5) is 0 Å². The molecule has 0 radical (unpaired) electrons. The Morgan fingerprint density at radius 1 is 1.43 bits per heavy atom. The molecule has 0 heterocycles. The van der Waals surface area contributed by atoms with E-state index in [0.29, 0.717) is 18.2 Å². The summed E-state index contributed by atoms with van der Waals surface area (Å²) in [6, 6.07) is 8.38. The quantitative estimate of drug-likeness (QED) is 0.807. The highest BCUT2D eigenvalue weighted by atomic mass is 35.5. The highest BCUT2D eigenvalue weighted by Gasteiger charge is 2.28. The average Bonchev–Trinajstić information content (AvgIpc) is 2.38. The van der Waals surface area contributed by atoms with Crippen LogP contribution in [0.5, 0.6) is 0 Å². The zero-order valence-electron chi connectivity index (χ0n) is 13.3. The van der Waals surface area contributed by atoms with Gasteiger partial charge in [-0.3, -0.25) is 4.79 Å². The molecule has 0 saturated heterocycles. The van der Waals surface area contributed by atoms with Crippen molar-refractivity contribution >= 4 is 30.1 Å². The third-order valence-corrected chi connectivity index (χ3v) is 4.71. The molecule has 0 aromatic heterocycles. The van der Waals surface area contributed by atoms with Crippen LogP contribution in [0, 0.1) is 12.8 Å². The minimum Gasteiger partial charge on any atom is -0.349 e. The van der Waals surface area contributed by atoms with Crippen molar-refractivity contribution in [1.29, 1.82) is 0 Å². The van der Waals surface area contributed by atoms with E-state index < -0.39 is 0 Å². The fourth-order valence-electron chi connectivity index (χ4n) is 1.85. The summed E-state index contributed by atoms with van der Waals surface area (Å²) >= 11 is 1.63. The number of nitrogens with one attached hydrogen (secondary N) is 1. The molecule has 0 spiro atoms. The molecule has 1 rings (SSSR count). The van der Waals surface area contributed by atoms with Crippen molar-refractivity contribution < 1.29 is 4.79 Å². The van der Waals surface area contributed by atoms with E-state index in [-0.39, 0.29) is 23.9 Å². The van der Waals surface area contributed by atoms with Crippen LogP contribution in [-0.2, 0) is 10.5 Å². The first-order valence-corrected chi connectivity index (χ1v) is 8.17. The number of amides is 1. The highest BCUT2D eigenvalue weighted by molar-refractivity contribution is 7.99. The maximum atomic E-state index is 12.0. The van der Waals surface area contributed by atoms with Crippen molar-refractivity contribution in [3.63, 3.8) is 0 Å². The van der Waals surface area contributed by atoms with Crippen molar-refractivity contribution in [3.8, 4) is 0 Å². The summed E-state index contributed by atoms with van der Waals surface area (Å²) in [5, 5.41) is 3.06. The Balaban J connectivity index is 0.00000400. The molecule has 0 aliphatic heterocycles. The zero-order chi connectivity index (χ0) is 15.2. The van der Waals surface area contributed by atoms with Gasteiger partial charge in [-0.15, -0.1) is 24.2 Å². The Morgan fingerprint density at radius 2 is 2.10 bits per heavy atom. The summed E-state index contributed by atoms with van der Waals surface area (Å²) in [5.41, 5.74) is 7.96. The number of benzene rings is 1. The lowest BCUT2D eigenvalue weighted by atomic mass is 9.88. The number of aryl methyl sites for hydroxylation is 1. The van der Waals surface area contributed by atoms with Gasteiger partial charge in [-0.2, -0.15) is 0 Å². The van der Waals surface area contributed by atoms with Crippen LogP contribution in [0.1, 0.15) is 31.9 Å². The van der Waals surface area contributed by atoms with Crippen LogP contribution in [-0.4, -0.2) is 23.7 Å². The van der Waals surface area contributed by atoms with Gasteiger partial charge in [0.25, 0.3) is 0 Å². The van der Waals surface area contributed by atoms with E-state index in [1.807, 2.05) is 6.92 Å². The van der Waals surface area contributed by atoms with Gasteiger partial charge >= 0.3 is 0 Å². The summed E-state index contributed by atoms with van der Waals surface area (Å²) in [5.74, 6) is 1.70. The molecule has 1 amide bonds. The van der Waals surface area contributed by atoms with Crippen molar-refractivity contribution in [2.24, 2.45) is 11.7 Å². The van der Waals surface area contributed by atoms with Gasteiger partial charge < -0.3 is 11.1 Å². The van der Waals surface area contributed by atoms with E-state index in [0.717, 1.165) is 5.75 Å². The Bertz CT molecular complexity index is 454. The Labute approximate surface area is 138 Å². The average molecular weight is 331 g/mol. The molecule has 0 aliphatic rings. The Morgan fingerprint density at radius 3 is 2.62 bits per heavy atom. The lowest BCUT2D eigenvalue weighted by Crippen LogP contribution is -2.55. The van der Waals surface area contributed by atoms with Gasteiger partial charge in [-0.05, 0) is 25.3 Å². The van der Waals surface area contributed by atoms with Crippen LogP contribution in [0.2, 0.25) is 0 Å². The fraction of sp³-hybridized carbons (Fsp3) is 0.562. The minimum atomic E-state index is -0.318. The molecule has 0 aliphatic carbocycles. The first kappa shape index (κ1) is 20.3. The lowest BCUT2D eigenvalue weighted by Gasteiger charge is -2.33. The normalized spacial score (nSPS) is 13.4. The van der Waals surface area contributed by atoms with E-state index in [9.17, 15) is 4.79 Å². The number of carbonyl (C=O) groups excluding carboxylic acids is 1. The van der Waals surface area contributed by atoms with E-state index in [4.69, 9.17) is 5.73 Å². The Hall–Kier alpha value is -0.710. The van der Waals surface area contributed by atoms with Crippen LogP contribution in [0.3, 0.4) is 0 Å². The van der Waals surface area contributed by atoms with Gasteiger partial charge in [-0.1, -0.05) is 43.7 Å². The van der Waals surface area contributed by atoms with Gasteiger partial charge in [0, 0.05) is 12.3 Å². The summed E-state index contributed by atoms with van der Waals surface area (Å²) < 4.78 is 0. The second-order valence-corrected chi connectivity index (χ2v) is 6.79. The summed E-state index contributed by atoms with van der Waals surface area (Å²) in [6.07, 6.45) is 0. The number of hydrogen-bond acceptors (Lipinski definition) is 3. The molecule has 0 bridgehead atoms. The number of carbonyl (C=O) groups is 1. The van der Waals surface area contributed by atoms with Gasteiger partial charge in [0.2, 0.25) is 5.91 Å². The summed E-state index contributed by atoms with van der Waals surface area (Å²) in [6.45, 7) is 8.69. The molecule has 3 N–H and O–H groups in total. The van der Waals surface area contributed by atoms with Gasteiger partial charge in [0.15, 0.2) is 0 Å². The van der Waals surface area contributed by atoms with Crippen molar-refractivity contribution in [1.82, 2.24) is 5.32 Å². The molecule has 0 fully saturated rings. The molecule has 5 heteroatoms. The van der Waals surface area contributed by atoms with E-state index in [1.165, 1.54) is 11.1 Å². The number of hydrogen-bond donors (Lipinski definition) is 2. The van der Waals surface area contributed by atoms with E-state index >= 15 is 0 Å². The smallest absolute Gasteiger partial charge is 0.230 e. The topological polar surface area (TPSA) is 55.1 Å². The summed E-state index contributed by atoms with van der Waals surface area (Å²) in [7, 11) is 0. The third kappa shape index (κ3) is 6.72. The standard InChI is InChI=1S/C16H26N2OS.ClH/c1-12(2)16(4,11-17)18-15(19)10-20-9-14-7-5-6-13(3)8-14;/h5-8,12H,9-11,17H2,1-4H3,(H,18,19);1H. The van der Waals surface area contributed by atoms with Gasteiger partial charge in [0.1, 0.15) is 0 Å². The fourth-order valence-corrected chi connectivity index (χ4v) is 2.62. The molecular formula is C16H27ClN2OS. The van der Waals surface area contributed by atoms with E-state index in [1.54, 1.807) is 11.8 Å². The van der Waals surface area contributed by atoms with Crippen LogP contribution < -0.4 is 11.1 Å². The first-order chi connectivity index (χ1) is 9.37. The van der Waals surface area contributed by atoms with Crippen LogP contribution in [0.15, 0.2) is 24.3 Å². The third-order valence-electron chi connectivity index (χ3n) is 3.71. The molecule has 1 unspecified atom stereocenters. The van der Waals surface area contributed by atoms with Gasteiger partial charge in [0.05, 0.1) is 11.3 Å². The lowest BCUT2D eigenvalue weighted by molar-refractivity contribution is -0.120. The monoisotopic (exact) mass is 330 g/mol. The molecule has 3 nitrogen and oxygen atoms in total. The number of halogens is 1. The first-order valence-electron chi connectivity index (χ1n) is 7.02. The largest absolute Gasteiger partial charge is 0.349 e. The maximum absolute atomic E-state index is 12.0. The Kier molecular flexibility index (Phi) is 9.02. The predicted molar refractivity (Wildman–Crippen MR) is 95.0 cm³/mol. The molecule has 120 valence electrons. The molecular weight excluding hydrogens is 304 g/mol. The number of rotatable bonds is 7. The van der Waals surface area contributed by atoms with Crippen LogP contribution in [0.25, 0.3) is 0 Å². The van der Waals surface area contributed by atoms with Crippen molar-refractivity contribution in [3.05, 3.63) is 35.4 Å². The molecule has 1 aromatic carbocycles. The second kappa shape index (κ2) is 9.34. The molecule has 21 heavy (non-hydrogen) atoms. The molecule has 1 aromatic rings. The number of thioether (sulfide) groups is 1. The SMILES string of the molecule is Cc1cccc(CSCC(=O)NC(C)(CN)C(C)C)c1.Cl. The highest BCUT2D eigenvalue weighted by Crippen LogP contribution is 2.17. The van der Waals surface area contributed by atoms with Crippen molar-refractivity contribution in [2.75, 3.05) is 12.3 Å². The van der Waals surface area contributed by atoms with Crippen LogP contribution >= 0.6 is 24.2 Å². The molecule has 1 atom stereocenters. The predicted octanol–water partition coefficient (Wildman–Crippen LogP) is 3.14. The maximum Gasteiger partial charge on any atom is 0.230 e. The second-order valence-electron chi connectivity index (χ2n) is 5.81. The zero-order valence-corrected chi connectivity index (χ0v) is 14.9. The molecule has 0 saturated carbocycles. The van der Waals surface area contributed by atoms with Gasteiger partial charge in [-0.25, -0.2) is 0 Å². The summed E-state index contributed by atoms with van der Waals surface area (Å²) in [4.78, 5) is 12.0. The van der Waals surface area contributed by atoms with Crippen molar-refractivity contribution in [2.45, 2.75) is 39.0 Å². The number of nitrogens with two attached hydrogens (primary N) is 1. The minimum absolute atomic E-state index is 0. The van der Waals surface area contributed by atoms with E-state index in [2.05, 4.69) is 50.4 Å².